The van der Waals surface area contributed by atoms with Gasteiger partial charge in [0, 0.05) is 26.2 Å². The number of nitriles is 1. The van der Waals surface area contributed by atoms with Crippen molar-refractivity contribution in [2.24, 2.45) is 0 Å². The van der Waals surface area contributed by atoms with Gasteiger partial charge in [0.2, 0.25) is 0 Å². The van der Waals surface area contributed by atoms with E-state index in [1.54, 1.807) is 29.2 Å². The third kappa shape index (κ3) is 4.43. The second-order valence-corrected chi connectivity index (χ2v) is 4.10. The Labute approximate surface area is 118 Å². The predicted molar refractivity (Wildman–Crippen MR) is 73.0 cm³/mol. The highest BCUT2D eigenvalue weighted by Crippen LogP contribution is 2.06. The van der Waals surface area contributed by atoms with Gasteiger partial charge < -0.3 is 15.0 Å². The summed E-state index contributed by atoms with van der Waals surface area (Å²) in [6.07, 6.45) is -0.277. The molecule has 0 bridgehead atoms. The van der Waals surface area contributed by atoms with Crippen LogP contribution in [0.2, 0.25) is 0 Å². The lowest BCUT2D eigenvalue weighted by Gasteiger charge is -2.26. The first kappa shape index (κ1) is 15.3. The Morgan fingerprint density at radius 3 is 2.53 bits per heavy atom. The Morgan fingerprint density at radius 2 is 1.95 bits per heavy atom. The number of benzene rings is 1. The van der Waals surface area contributed by atoms with Crippen LogP contribution in [0, 0.1) is 11.3 Å². The average Bonchev–Trinajstić information content (AvgIpc) is 2.46. The zero-order valence-corrected chi connectivity index (χ0v) is 11.3. The number of carbonyl (C=O) groups excluding carboxylic acids is 1. The quantitative estimate of drug-likeness (QED) is 0.893. The Morgan fingerprint density at radius 1 is 1.32 bits per heavy atom. The molecule has 0 aromatic heterocycles. The Balaban J connectivity index is 0.00000180. The van der Waals surface area contributed by atoms with Gasteiger partial charge in [-0.2, -0.15) is 5.26 Å². The zero-order chi connectivity index (χ0) is 12.8. The molecule has 6 heteroatoms. The molecule has 0 saturated carbocycles. The molecule has 0 spiro atoms. The molecule has 0 aliphatic carbocycles. The monoisotopic (exact) mass is 281 g/mol. The van der Waals surface area contributed by atoms with Gasteiger partial charge in [0.25, 0.3) is 0 Å². The lowest BCUT2D eigenvalue weighted by molar-refractivity contribution is 0.0918. The summed E-state index contributed by atoms with van der Waals surface area (Å²) in [6, 6.07) is 9.07. The Bertz CT molecular complexity index is 450. The van der Waals surface area contributed by atoms with Crippen molar-refractivity contribution in [2.45, 2.75) is 6.61 Å². The largest absolute Gasteiger partial charge is 0.445 e. The first-order chi connectivity index (χ1) is 8.79. The highest BCUT2D eigenvalue weighted by molar-refractivity contribution is 5.85. The van der Waals surface area contributed by atoms with Crippen molar-refractivity contribution in [2.75, 3.05) is 26.2 Å². The molecule has 5 nitrogen and oxygen atoms in total. The first-order valence-corrected chi connectivity index (χ1v) is 5.91. The van der Waals surface area contributed by atoms with Gasteiger partial charge in [-0.25, -0.2) is 4.79 Å². The fourth-order valence-corrected chi connectivity index (χ4v) is 1.76. The van der Waals surface area contributed by atoms with Crippen molar-refractivity contribution in [3.8, 4) is 6.07 Å². The number of hydrogen-bond acceptors (Lipinski definition) is 4. The number of nitrogens with zero attached hydrogens (tertiary/aromatic N) is 2. The summed E-state index contributed by atoms with van der Waals surface area (Å²) in [4.78, 5) is 13.4. The molecular weight excluding hydrogens is 266 g/mol. The summed E-state index contributed by atoms with van der Waals surface area (Å²) in [5, 5.41) is 11.8. The lowest BCUT2D eigenvalue weighted by atomic mass is 10.2. The molecule has 19 heavy (non-hydrogen) atoms. The van der Waals surface area contributed by atoms with E-state index in [4.69, 9.17) is 10.00 Å². The molecule has 1 N–H and O–H groups in total. The number of amides is 1. The molecule has 1 fully saturated rings. The van der Waals surface area contributed by atoms with Gasteiger partial charge in [0.15, 0.2) is 0 Å². The molecule has 1 aromatic carbocycles. The van der Waals surface area contributed by atoms with Crippen LogP contribution >= 0.6 is 12.4 Å². The van der Waals surface area contributed by atoms with Gasteiger partial charge in [0.1, 0.15) is 6.61 Å². The molecule has 1 heterocycles. The number of ether oxygens (including phenoxy) is 1. The van der Waals surface area contributed by atoms with E-state index in [1.807, 2.05) is 6.07 Å². The minimum atomic E-state index is -0.277. The van der Waals surface area contributed by atoms with Crippen LogP contribution in [0.15, 0.2) is 24.3 Å². The maximum atomic E-state index is 11.7. The van der Waals surface area contributed by atoms with E-state index in [9.17, 15) is 4.79 Å². The van der Waals surface area contributed by atoms with E-state index in [0.717, 1.165) is 18.7 Å². The van der Waals surface area contributed by atoms with Gasteiger partial charge in [-0.3, -0.25) is 0 Å². The van der Waals surface area contributed by atoms with E-state index in [-0.39, 0.29) is 25.1 Å². The second kappa shape index (κ2) is 7.62. The molecule has 1 amide bonds. The summed E-state index contributed by atoms with van der Waals surface area (Å²) >= 11 is 0. The number of hydrogen-bond donors (Lipinski definition) is 1. The third-order valence-corrected chi connectivity index (χ3v) is 2.82. The standard InChI is InChI=1S/C13H15N3O2.ClH/c14-9-11-1-3-12(4-2-11)10-18-13(17)16-7-5-15-6-8-16;/h1-4,15H,5-8,10H2;1H. The van der Waals surface area contributed by atoms with Gasteiger partial charge in [0.05, 0.1) is 11.6 Å². The second-order valence-electron chi connectivity index (χ2n) is 4.10. The summed E-state index contributed by atoms with van der Waals surface area (Å²) in [7, 11) is 0. The molecule has 2 rings (SSSR count). The average molecular weight is 282 g/mol. The van der Waals surface area contributed by atoms with Crippen LogP contribution in [0.3, 0.4) is 0 Å². The molecule has 1 aromatic rings. The fraction of sp³-hybridized carbons (Fsp3) is 0.385. The molecular formula is C13H16ClN3O2. The Kier molecular flexibility index (Phi) is 6.13. The van der Waals surface area contributed by atoms with E-state index < -0.39 is 0 Å². The van der Waals surface area contributed by atoms with Crippen LogP contribution in [0.1, 0.15) is 11.1 Å². The van der Waals surface area contributed by atoms with E-state index >= 15 is 0 Å². The molecule has 0 atom stereocenters. The van der Waals surface area contributed by atoms with Crippen molar-refractivity contribution >= 4 is 18.5 Å². The molecule has 1 aliphatic rings. The SMILES string of the molecule is Cl.N#Cc1ccc(COC(=O)N2CCNCC2)cc1. The number of nitrogens with one attached hydrogen (secondary N) is 1. The topological polar surface area (TPSA) is 65.4 Å². The summed E-state index contributed by atoms with van der Waals surface area (Å²) in [5.41, 5.74) is 1.49. The predicted octanol–water partition coefficient (Wildman–Crippen LogP) is 1.52. The van der Waals surface area contributed by atoms with Crippen molar-refractivity contribution in [1.82, 2.24) is 10.2 Å². The van der Waals surface area contributed by atoms with Crippen molar-refractivity contribution in [1.29, 1.82) is 5.26 Å². The maximum Gasteiger partial charge on any atom is 0.410 e. The highest BCUT2D eigenvalue weighted by atomic mass is 35.5. The first-order valence-electron chi connectivity index (χ1n) is 5.91. The van der Waals surface area contributed by atoms with Gasteiger partial charge >= 0.3 is 6.09 Å². The van der Waals surface area contributed by atoms with Crippen LogP contribution in [0.4, 0.5) is 4.79 Å². The molecule has 0 unspecified atom stereocenters. The maximum absolute atomic E-state index is 11.7. The number of piperazine rings is 1. The Hall–Kier alpha value is -1.77. The van der Waals surface area contributed by atoms with E-state index in [0.29, 0.717) is 18.7 Å². The number of rotatable bonds is 2. The summed E-state index contributed by atoms with van der Waals surface area (Å²) < 4.78 is 5.22. The van der Waals surface area contributed by atoms with Crippen molar-refractivity contribution in [3.63, 3.8) is 0 Å². The van der Waals surface area contributed by atoms with Gasteiger partial charge in [-0.15, -0.1) is 12.4 Å². The smallest absolute Gasteiger partial charge is 0.410 e. The van der Waals surface area contributed by atoms with Gasteiger partial charge in [-0.05, 0) is 17.7 Å². The summed E-state index contributed by atoms with van der Waals surface area (Å²) in [5.74, 6) is 0. The van der Waals surface area contributed by atoms with Crippen LogP contribution in [-0.4, -0.2) is 37.2 Å². The molecule has 0 radical (unpaired) electrons. The lowest BCUT2D eigenvalue weighted by Crippen LogP contribution is -2.46. The van der Waals surface area contributed by atoms with Crippen molar-refractivity contribution in [3.05, 3.63) is 35.4 Å². The number of carbonyl (C=O) groups is 1. The number of halogens is 1. The molecule has 1 saturated heterocycles. The molecule has 1 aliphatic heterocycles. The van der Waals surface area contributed by atoms with Crippen LogP contribution in [0.5, 0.6) is 0 Å². The van der Waals surface area contributed by atoms with Gasteiger partial charge in [-0.1, -0.05) is 12.1 Å². The van der Waals surface area contributed by atoms with E-state index in [2.05, 4.69) is 5.32 Å². The van der Waals surface area contributed by atoms with Crippen LogP contribution in [-0.2, 0) is 11.3 Å². The highest BCUT2D eigenvalue weighted by Gasteiger charge is 2.17. The van der Waals surface area contributed by atoms with Crippen LogP contribution in [0.25, 0.3) is 0 Å². The zero-order valence-electron chi connectivity index (χ0n) is 10.5. The van der Waals surface area contributed by atoms with E-state index in [1.165, 1.54) is 0 Å². The van der Waals surface area contributed by atoms with Crippen molar-refractivity contribution < 1.29 is 9.53 Å². The normalized spacial score (nSPS) is 14.2. The van der Waals surface area contributed by atoms with Crippen LogP contribution < -0.4 is 5.32 Å². The minimum absolute atomic E-state index is 0. The minimum Gasteiger partial charge on any atom is -0.445 e. The summed E-state index contributed by atoms with van der Waals surface area (Å²) in [6.45, 7) is 3.24. The molecule has 102 valence electrons. The third-order valence-electron chi connectivity index (χ3n) is 2.82. The fourth-order valence-electron chi connectivity index (χ4n) is 1.76.